The number of allylic oxidation sites excluding steroid dienone is 1. The molecule has 0 amide bonds. The Morgan fingerprint density at radius 3 is 2.37 bits per heavy atom. The highest BCUT2D eigenvalue weighted by Gasteiger charge is 2.44. The summed E-state index contributed by atoms with van der Waals surface area (Å²) in [5, 5.41) is 7.03. The van der Waals surface area contributed by atoms with Gasteiger partial charge in [-0.2, -0.15) is 0 Å². The number of hydrogen-bond acceptors (Lipinski definition) is 5. The molecule has 0 saturated carbocycles. The van der Waals surface area contributed by atoms with Gasteiger partial charge in [-0.1, -0.05) is 57.2 Å². The van der Waals surface area contributed by atoms with Crippen molar-refractivity contribution in [2.45, 2.75) is 39.2 Å². The fourth-order valence-electron chi connectivity index (χ4n) is 4.46. The van der Waals surface area contributed by atoms with E-state index in [1.54, 1.807) is 0 Å². The maximum Gasteiger partial charge on any atom is 0.316 e. The molecule has 0 unspecified atom stereocenters. The zero-order valence-electron chi connectivity index (χ0n) is 17.9. The van der Waals surface area contributed by atoms with Crippen LogP contribution >= 0.6 is 0 Å². The Balaban J connectivity index is 1.84. The van der Waals surface area contributed by atoms with Crippen LogP contribution in [0.1, 0.15) is 50.3 Å². The fourth-order valence-corrected chi connectivity index (χ4v) is 4.46. The van der Waals surface area contributed by atoms with Gasteiger partial charge in [0.2, 0.25) is 0 Å². The Kier molecular flexibility index (Phi) is 5.37. The lowest BCUT2D eigenvalue weighted by molar-refractivity contribution is -0.151. The van der Waals surface area contributed by atoms with Gasteiger partial charge in [0, 0.05) is 11.3 Å². The Bertz CT molecular complexity index is 1010. The summed E-state index contributed by atoms with van der Waals surface area (Å²) < 4.78 is 4.96. The molecule has 0 aromatic heterocycles. The summed E-state index contributed by atoms with van der Waals surface area (Å²) in [6, 6.07) is 16.0. The maximum atomic E-state index is 13.6. The number of hydrogen-bond donors (Lipinski definition) is 2. The van der Waals surface area contributed by atoms with E-state index >= 15 is 0 Å². The van der Waals surface area contributed by atoms with E-state index in [2.05, 4.69) is 48.7 Å². The number of rotatable bonds is 3. The molecular formula is C25H28N2O3. The lowest BCUT2D eigenvalue weighted by atomic mass is 9.74. The quantitative estimate of drug-likeness (QED) is 0.554. The van der Waals surface area contributed by atoms with Crippen LogP contribution in [0.25, 0.3) is 0 Å². The zero-order valence-corrected chi connectivity index (χ0v) is 17.9. The first-order valence-corrected chi connectivity index (χ1v) is 10.5. The Morgan fingerprint density at radius 2 is 1.73 bits per heavy atom. The highest BCUT2D eigenvalue weighted by atomic mass is 16.5. The van der Waals surface area contributed by atoms with Gasteiger partial charge in [-0.3, -0.25) is 9.59 Å². The van der Waals surface area contributed by atoms with E-state index in [9.17, 15) is 9.59 Å². The van der Waals surface area contributed by atoms with Crippen LogP contribution in [-0.2, 0) is 14.3 Å². The first-order chi connectivity index (χ1) is 14.4. The monoisotopic (exact) mass is 404 g/mol. The minimum atomic E-state index is -0.781. The fraction of sp³-hybridized carbons (Fsp3) is 0.360. The highest BCUT2D eigenvalue weighted by Crippen LogP contribution is 2.43. The van der Waals surface area contributed by atoms with Gasteiger partial charge in [0.05, 0.1) is 24.5 Å². The van der Waals surface area contributed by atoms with Crippen LogP contribution in [0.3, 0.4) is 0 Å². The number of nitrogens with one attached hydrogen (secondary N) is 2. The van der Waals surface area contributed by atoms with Crippen molar-refractivity contribution in [3.05, 3.63) is 70.9 Å². The molecule has 3 atom stereocenters. The third-order valence-corrected chi connectivity index (χ3v) is 6.16. The van der Waals surface area contributed by atoms with Gasteiger partial charge >= 0.3 is 5.97 Å². The molecule has 1 aliphatic heterocycles. The summed E-state index contributed by atoms with van der Waals surface area (Å²) in [6.45, 7) is 6.25. The second-order valence-corrected chi connectivity index (χ2v) is 8.51. The minimum Gasteiger partial charge on any atom is -0.468 e. The average molecular weight is 405 g/mol. The van der Waals surface area contributed by atoms with Gasteiger partial charge in [-0.15, -0.1) is 0 Å². The van der Waals surface area contributed by atoms with Crippen molar-refractivity contribution in [1.29, 1.82) is 0 Å². The molecule has 0 spiro atoms. The van der Waals surface area contributed by atoms with E-state index < -0.39 is 11.9 Å². The molecule has 30 heavy (non-hydrogen) atoms. The van der Waals surface area contributed by atoms with E-state index in [0.717, 1.165) is 22.6 Å². The molecule has 4 rings (SSSR count). The summed E-state index contributed by atoms with van der Waals surface area (Å²) in [7, 11) is 1.34. The summed E-state index contributed by atoms with van der Waals surface area (Å²) in [4.78, 5) is 26.0. The second kappa shape index (κ2) is 7.98. The van der Waals surface area contributed by atoms with Crippen LogP contribution in [0.2, 0.25) is 0 Å². The van der Waals surface area contributed by atoms with Crippen LogP contribution in [0.4, 0.5) is 11.4 Å². The summed E-state index contributed by atoms with van der Waals surface area (Å²) in [5.41, 5.74) is 5.61. The normalized spacial score (nSPS) is 23.1. The molecule has 2 aromatic rings. The van der Waals surface area contributed by atoms with E-state index in [0.29, 0.717) is 17.9 Å². The van der Waals surface area contributed by atoms with Crippen LogP contribution < -0.4 is 10.6 Å². The molecule has 0 saturated heterocycles. The topological polar surface area (TPSA) is 67.4 Å². The third-order valence-electron chi connectivity index (χ3n) is 6.16. The predicted molar refractivity (Wildman–Crippen MR) is 118 cm³/mol. The largest absolute Gasteiger partial charge is 0.468 e. The van der Waals surface area contributed by atoms with Gasteiger partial charge in [0.1, 0.15) is 5.92 Å². The SMILES string of the molecule is COC(=O)[C@@H]1C(=O)C2=C(C[C@@H]1C)Nc1ccccc1N[C@@H]2c1ccc(C(C)C)cc1. The Hall–Kier alpha value is -3.08. The van der Waals surface area contributed by atoms with Crippen molar-refractivity contribution in [1.82, 2.24) is 0 Å². The van der Waals surface area contributed by atoms with Crippen LogP contribution in [0, 0.1) is 11.8 Å². The molecule has 2 aliphatic rings. The van der Waals surface area contributed by atoms with Crippen molar-refractivity contribution in [3.63, 3.8) is 0 Å². The van der Waals surface area contributed by atoms with Gasteiger partial charge < -0.3 is 15.4 Å². The van der Waals surface area contributed by atoms with E-state index in [1.807, 2.05) is 31.2 Å². The standard InChI is InChI=1S/C25H28N2O3/c1-14(2)16-9-11-17(12-10-16)23-22-20(26-18-7-5-6-8-19(18)27-23)13-15(3)21(24(22)28)25(29)30-4/h5-12,14-15,21,23,26-27H,13H2,1-4H3/t15-,21-,23+/m0/s1. The first-order valence-electron chi connectivity index (χ1n) is 10.5. The Labute approximate surface area is 177 Å². The molecule has 0 fully saturated rings. The summed E-state index contributed by atoms with van der Waals surface area (Å²) in [6.07, 6.45) is 0.609. The molecule has 156 valence electrons. The number of anilines is 2. The molecule has 5 heteroatoms. The van der Waals surface area contributed by atoms with E-state index in [4.69, 9.17) is 4.74 Å². The van der Waals surface area contributed by atoms with Crippen LogP contribution in [0.5, 0.6) is 0 Å². The number of ketones is 1. The number of methoxy groups -OCH3 is 1. The smallest absolute Gasteiger partial charge is 0.316 e. The number of fused-ring (bicyclic) bond motifs is 1. The number of carbonyl (C=O) groups excluding carboxylic acids is 2. The predicted octanol–water partition coefficient (Wildman–Crippen LogP) is 5.04. The van der Waals surface area contributed by atoms with Gasteiger partial charge in [-0.05, 0) is 41.5 Å². The van der Waals surface area contributed by atoms with Gasteiger partial charge in [0.25, 0.3) is 0 Å². The lowest BCUT2D eigenvalue weighted by Gasteiger charge is -2.32. The zero-order chi connectivity index (χ0) is 21.4. The van der Waals surface area contributed by atoms with E-state index in [-0.39, 0.29) is 17.7 Å². The van der Waals surface area contributed by atoms with Crippen molar-refractivity contribution < 1.29 is 14.3 Å². The lowest BCUT2D eigenvalue weighted by Crippen LogP contribution is -2.39. The molecular weight excluding hydrogens is 376 g/mol. The van der Waals surface area contributed by atoms with E-state index in [1.165, 1.54) is 12.7 Å². The summed E-state index contributed by atoms with van der Waals surface area (Å²) >= 11 is 0. The molecule has 0 radical (unpaired) electrons. The number of esters is 1. The van der Waals surface area contributed by atoms with Gasteiger partial charge in [-0.25, -0.2) is 0 Å². The number of ether oxygens (including phenoxy) is 1. The second-order valence-electron chi connectivity index (χ2n) is 8.51. The van der Waals surface area contributed by atoms with Crippen molar-refractivity contribution in [3.8, 4) is 0 Å². The first kappa shape index (κ1) is 20.2. The molecule has 2 aromatic carbocycles. The molecule has 1 heterocycles. The third kappa shape index (κ3) is 3.49. The number of Topliss-reactive ketones (excluding diaryl/α,β-unsaturated/α-hetero) is 1. The molecule has 1 aliphatic carbocycles. The number of para-hydroxylation sites is 2. The summed E-state index contributed by atoms with van der Waals surface area (Å²) in [5.74, 6) is -1.11. The molecule has 2 N–H and O–H groups in total. The van der Waals surface area contributed by atoms with Crippen LogP contribution in [-0.4, -0.2) is 18.9 Å². The molecule has 5 nitrogen and oxygen atoms in total. The number of benzene rings is 2. The van der Waals surface area contributed by atoms with Crippen LogP contribution in [0.15, 0.2) is 59.8 Å². The molecule has 0 bridgehead atoms. The maximum absolute atomic E-state index is 13.6. The van der Waals surface area contributed by atoms with Crippen molar-refractivity contribution >= 4 is 23.1 Å². The van der Waals surface area contributed by atoms with Crippen molar-refractivity contribution in [2.24, 2.45) is 11.8 Å². The Morgan fingerprint density at radius 1 is 1.07 bits per heavy atom. The minimum absolute atomic E-state index is 0.134. The highest BCUT2D eigenvalue weighted by molar-refractivity contribution is 6.11. The number of carbonyl (C=O) groups is 2. The average Bonchev–Trinajstić information content (AvgIpc) is 2.90. The van der Waals surface area contributed by atoms with Crippen molar-refractivity contribution in [2.75, 3.05) is 17.7 Å². The van der Waals surface area contributed by atoms with Gasteiger partial charge in [0.15, 0.2) is 5.78 Å².